The molecule has 12 heteroatoms. The van der Waals surface area contributed by atoms with E-state index < -0.39 is 5.97 Å². The third-order valence-corrected chi connectivity index (χ3v) is 9.48. The van der Waals surface area contributed by atoms with Gasteiger partial charge in [0.25, 0.3) is 0 Å². The molecule has 6 heterocycles. The van der Waals surface area contributed by atoms with E-state index in [1.54, 1.807) is 24.4 Å². The minimum Gasteiger partial charge on any atom is -0.478 e. The summed E-state index contributed by atoms with van der Waals surface area (Å²) in [6.45, 7) is 5.16. The molecular weight excluding hydrogens is 591 g/mol. The zero-order valence-corrected chi connectivity index (χ0v) is 25.3. The molecule has 1 atom stereocenters. The Bertz CT molecular complexity index is 1910. The van der Waals surface area contributed by atoms with E-state index in [-0.39, 0.29) is 36.1 Å². The molecule has 3 aromatic heterocycles. The lowest BCUT2D eigenvalue weighted by atomic mass is 9.93. The predicted molar refractivity (Wildman–Crippen MR) is 166 cm³/mol. The molecule has 11 nitrogen and oxygen atoms in total. The first kappa shape index (κ1) is 29.0. The summed E-state index contributed by atoms with van der Waals surface area (Å²) in [5.74, 6) is 0.421. The monoisotopic (exact) mass is 626 g/mol. The lowest BCUT2D eigenvalue weighted by Crippen LogP contribution is -2.35. The fourth-order valence-electron chi connectivity index (χ4n) is 6.61. The van der Waals surface area contributed by atoms with Gasteiger partial charge in [-0.1, -0.05) is 6.07 Å². The molecule has 238 valence electrons. The van der Waals surface area contributed by atoms with Crippen LogP contribution in [0, 0.1) is 5.82 Å². The highest BCUT2D eigenvalue weighted by molar-refractivity contribution is 5.92. The number of aromatic nitrogens is 5. The van der Waals surface area contributed by atoms with E-state index in [1.807, 2.05) is 28.9 Å². The summed E-state index contributed by atoms with van der Waals surface area (Å²) in [6.07, 6.45) is 4.68. The normalized spacial score (nSPS) is 19.4. The lowest BCUT2D eigenvalue weighted by molar-refractivity contribution is -0.0592. The second kappa shape index (κ2) is 12.1. The lowest BCUT2D eigenvalue weighted by Gasteiger charge is -2.32. The van der Waals surface area contributed by atoms with Crippen molar-refractivity contribution in [3.05, 3.63) is 83.2 Å². The second-order valence-electron chi connectivity index (χ2n) is 12.5. The van der Waals surface area contributed by atoms with E-state index in [1.165, 1.54) is 6.07 Å². The summed E-state index contributed by atoms with van der Waals surface area (Å²) in [6, 6.07) is 14.4. The molecule has 0 amide bonds. The third kappa shape index (κ3) is 5.61. The molecule has 3 saturated heterocycles. The van der Waals surface area contributed by atoms with Gasteiger partial charge < -0.3 is 23.9 Å². The maximum Gasteiger partial charge on any atom is 0.335 e. The van der Waals surface area contributed by atoms with Crippen LogP contribution in [0.2, 0.25) is 0 Å². The van der Waals surface area contributed by atoms with Crippen LogP contribution in [0.3, 0.4) is 0 Å². The number of imidazole rings is 1. The number of halogens is 1. The minimum atomic E-state index is -0.946. The highest BCUT2D eigenvalue weighted by Crippen LogP contribution is 2.31. The number of benzene rings is 2. The Kier molecular flexibility index (Phi) is 7.63. The second-order valence-corrected chi connectivity index (χ2v) is 12.5. The van der Waals surface area contributed by atoms with Crippen LogP contribution < -0.4 is 4.74 Å². The first-order valence-corrected chi connectivity index (χ1v) is 15.9. The Hall–Kier alpha value is -4.39. The quantitative estimate of drug-likeness (QED) is 0.230. The zero-order chi connectivity index (χ0) is 31.2. The highest BCUT2D eigenvalue weighted by Gasteiger charge is 2.27. The predicted octanol–water partition coefficient (Wildman–Crippen LogP) is 4.94. The van der Waals surface area contributed by atoms with Crippen molar-refractivity contribution < 1.29 is 28.5 Å². The van der Waals surface area contributed by atoms with Crippen LogP contribution in [-0.2, 0) is 29.2 Å². The maximum atomic E-state index is 14.9. The van der Waals surface area contributed by atoms with Crippen LogP contribution in [0.5, 0.6) is 5.88 Å². The van der Waals surface area contributed by atoms with Gasteiger partial charge in [0.1, 0.15) is 18.2 Å². The number of piperidine rings is 1. The Labute approximate surface area is 264 Å². The van der Waals surface area contributed by atoms with E-state index in [2.05, 4.69) is 14.6 Å². The first-order valence-electron chi connectivity index (χ1n) is 15.9. The SMILES string of the molecule is O=C(O)c1ccc2nc(CN3CCC(c4cccc(OCc5cc6c(cnn6C6COC6)cc5F)n4)CC3)n(C[C@@H]3CCO3)c2c1. The van der Waals surface area contributed by atoms with Gasteiger partial charge in [-0.3, -0.25) is 9.58 Å². The summed E-state index contributed by atoms with van der Waals surface area (Å²) in [7, 11) is 0. The number of hydrogen-bond donors (Lipinski definition) is 1. The topological polar surface area (TPSA) is 117 Å². The van der Waals surface area contributed by atoms with Crippen molar-refractivity contribution in [2.75, 3.05) is 32.9 Å². The molecule has 8 rings (SSSR count). The Morgan fingerprint density at radius 3 is 2.63 bits per heavy atom. The van der Waals surface area contributed by atoms with Crippen LogP contribution in [-0.4, -0.2) is 79.3 Å². The van der Waals surface area contributed by atoms with Gasteiger partial charge >= 0.3 is 5.97 Å². The third-order valence-electron chi connectivity index (χ3n) is 9.48. The van der Waals surface area contributed by atoms with Crippen molar-refractivity contribution in [3.63, 3.8) is 0 Å². The van der Waals surface area contributed by atoms with Crippen LogP contribution in [0.15, 0.2) is 54.7 Å². The number of rotatable bonds is 10. The number of nitrogens with zero attached hydrogens (tertiary/aromatic N) is 6. The fraction of sp³-hybridized carbons (Fsp3) is 0.412. The summed E-state index contributed by atoms with van der Waals surface area (Å²) in [5.41, 5.74) is 4.20. The first-order chi connectivity index (χ1) is 22.5. The molecule has 3 aliphatic heterocycles. The number of carbonyl (C=O) groups is 1. The van der Waals surface area contributed by atoms with E-state index >= 15 is 0 Å². The molecule has 2 aromatic carbocycles. The Morgan fingerprint density at radius 1 is 1.04 bits per heavy atom. The number of carboxylic acid groups (broad SMARTS) is 1. The van der Waals surface area contributed by atoms with E-state index in [4.69, 9.17) is 24.2 Å². The van der Waals surface area contributed by atoms with Crippen LogP contribution >= 0.6 is 0 Å². The Balaban J connectivity index is 0.923. The summed E-state index contributed by atoms with van der Waals surface area (Å²) in [4.78, 5) is 23.7. The van der Waals surface area contributed by atoms with Crippen LogP contribution in [0.25, 0.3) is 21.9 Å². The number of aromatic carboxylic acids is 1. The van der Waals surface area contributed by atoms with Gasteiger partial charge in [-0.2, -0.15) is 5.10 Å². The molecule has 0 saturated carbocycles. The molecule has 46 heavy (non-hydrogen) atoms. The van der Waals surface area contributed by atoms with Crippen molar-refractivity contribution in [1.29, 1.82) is 0 Å². The van der Waals surface area contributed by atoms with Gasteiger partial charge in [-0.05, 0) is 68.8 Å². The van der Waals surface area contributed by atoms with E-state index in [9.17, 15) is 14.3 Å². The van der Waals surface area contributed by atoms with Crippen molar-refractivity contribution in [1.82, 2.24) is 29.2 Å². The smallest absolute Gasteiger partial charge is 0.335 e. The van der Waals surface area contributed by atoms with Gasteiger partial charge in [-0.15, -0.1) is 0 Å². The van der Waals surface area contributed by atoms with Crippen molar-refractivity contribution in [3.8, 4) is 5.88 Å². The van der Waals surface area contributed by atoms with Crippen molar-refractivity contribution >= 4 is 27.9 Å². The molecule has 5 aromatic rings. The molecule has 0 unspecified atom stereocenters. The van der Waals surface area contributed by atoms with Gasteiger partial charge in [0.2, 0.25) is 5.88 Å². The van der Waals surface area contributed by atoms with Crippen LogP contribution in [0.1, 0.15) is 58.7 Å². The molecule has 3 aliphatic rings. The minimum absolute atomic E-state index is 0.0733. The van der Waals surface area contributed by atoms with E-state index in [0.29, 0.717) is 37.7 Å². The summed E-state index contributed by atoms with van der Waals surface area (Å²) in [5, 5.41) is 14.7. The molecular formula is C34H35FN6O5. The van der Waals surface area contributed by atoms with Crippen molar-refractivity contribution in [2.24, 2.45) is 0 Å². The largest absolute Gasteiger partial charge is 0.478 e. The summed E-state index contributed by atoms with van der Waals surface area (Å²) >= 11 is 0. The van der Waals surface area contributed by atoms with Gasteiger partial charge in [0.15, 0.2) is 0 Å². The molecule has 0 spiro atoms. The van der Waals surface area contributed by atoms with Gasteiger partial charge in [-0.25, -0.2) is 19.2 Å². The number of carboxylic acids is 1. The highest BCUT2D eigenvalue weighted by atomic mass is 19.1. The maximum absolute atomic E-state index is 14.9. The van der Waals surface area contributed by atoms with Crippen molar-refractivity contribution in [2.45, 2.75) is 57.0 Å². The molecule has 0 bridgehead atoms. The molecule has 0 aliphatic carbocycles. The molecule has 3 fully saturated rings. The number of ether oxygens (including phenoxy) is 3. The van der Waals surface area contributed by atoms with Crippen LogP contribution in [0.4, 0.5) is 4.39 Å². The fourth-order valence-corrected chi connectivity index (χ4v) is 6.61. The van der Waals surface area contributed by atoms with Gasteiger partial charge in [0.05, 0.1) is 66.8 Å². The average Bonchev–Trinajstić information content (AvgIpc) is 3.57. The Morgan fingerprint density at radius 2 is 1.89 bits per heavy atom. The number of pyridine rings is 1. The standard InChI is InChI=1S/C34H35FN6O5/c35-27-12-23-15-36-41(25-19-44-20-25)30(23)14-24(27)18-46-33-3-1-2-28(38-33)21-6-9-39(10-7-21)17-32-37-29-5-4-22(34(42)43)13-31(29)40(32)16-26-8-11-45-26/h1-5,12-15,21,25-26H,6-11,16-20H2,(H,42,43)/t26-/m0/s1. The summed E-state index contributed by atoms with van der Waals surface area (Å²) < 4.78 is 36.0. The number of fused-ring (bicyclic) bond motifs is 2. The van der Waals surface area contributed by atoms with Gasteiger partial charge in [0, 0.05) is 35.2 Å². The average molecular weight is 627 g/mol. The number of hydrogen-bond acceptors (Lipinski definition) is 8. The zero-order valence-electron chi connectivity index (χ0n) is 25.3. The number of likely N-dealkylation sites (tertiary alicyclic amines) is 1. The molecule has 0 radical (unpaired) electrons. The van der Waals surface area contributed by atoms with E-state index in [0.717, 1.165) is 72.4 Å². The molecule has 1 N–H and O–H groups in total.